The Morgan fingerprint density at radius 1 is 1.44 bits per heavy atom. The molecule has 0 aliphatic carbocycles. The van der Waals surface area contributed by atoms with Crippen LogP contribution in [0.25, 0.3) is 0 Å². The molecule has 0 saturated heterocycles. The van der Waals surface area contributed by atoms with Crippen molar-refractivity contribution in [3.63, 3.8) is 0 Å². The number of hydrogen-bond acceptors (Lipinski definition) is 2. The van der Waals surface area contributed by atoms with Gasteiger partial charge in [0.1, 0.15) is 0 Å². The number of nitrogens with two attached hydrogens (primary N) is 1. The van der Waals surface area contributed by atoms with Crippen molar-refractivity contribution in [3.05, 3.63) is 28.2 Å². The number of halogens is 1. The van der Waals surface area contributed by atoms with Crippen molar-refractivity contribution in [1.82, 2.24) is 0 Å². The summed E-state index contributed by atoms with van der Waals surface area (Å²) in [5.74, 6) is -0.0105. The van der Waals surface area contributed by atoms with Crippen molar-refractivity contribution in [1.29, 1.82) is 0 Å². The smallest absolute Gasteiger partial charge is 0.241 e. The lowest BCUT2D eigenvalue weighted by Crippen LogP contribution is -2.39. The Labute approximate surface area is 105 Å². The fourth-order valence-corrected chi connectivity index (χ4v) is 1.61. The lowest BCUT2D eigenvalue weighted by atomic mass is 10.0. The van der Waals surface area contributed by atoms with E-state index in [4.69, 9.17) is 5.73 Å². The van der Waals surface area contributed by atoms with E-state index in [0.29, 0.717) is 0 Å². The molecule has 0 saturated carbocycles. The quantitative estimate of drug-likeness (QED) is 0.897. The molecule has 16 heavy (non-hydrogen) atoms. The highest BCUT2D eigenvalue weighted by Crippen LogP contribution is 2.20. The fourth-order valence-electron chi connectivity index (χ4n) is 1.25. The second-order valence-corrected chi connectivity index (χ2v) is 5.13. The molecule has 0 aromatic heterocycles. The molecule has 0 unspecified atom stereocenters. The second-order valence-electron chi connectivity index (χ2n) is 4.22. The molecular weight excluding hydrogens is 268 g/mol. The zero-order valence-corrected chi connectivity index (χ0v) is 11.3. The van der Waals surface area contributed by atoms with Gasteiger partial charge in [0, 0.05) is 10.2 Å². The molecular formula is C12H17BrN2O. The third-order valence-electron chi connectivity index (χ3n) is 2.48. The van der Waals surface area contributed by atoms with E-state index in [-0.39, 0.29) is 11.8 Å². The third-order valence-corrected chi connectivity index (χ3v) is 2.97. The summed E-state index contributed by atoms with van der Waals surface area (Å²) in [5.41, 5.74) is 7.59. The van der Waals surface area contributed by atoms with Crippen molar-refractivity contribution < 1.29 is 4.79 Å². The van der Waals surface area contributed by atoms with Crippen LogP contribution in [0.5, 0.6) is 0 Å². The van der Waals surface area contributed by atoms with E-state index < -0.39 is 6.04 Å². The number of carbonyl (C=O) groups excluding carboxylic acids is 1. The minimum absolute atomic E-state index is 0.132. The Morgan fingerprint density at radius 2 is 2.06 bits per heavy atom. The number of rotatable bonds is 3. The van der Waals surface area contributed by atoms with Crippen LogP contribution < -0.4 is 11.1 Å². The van der Waals surface area contributed by atoms with Gasteiger partial charge in [-0.25, -0.2) is 0 Å². The zero-order valence-electron chi connectivity index (χ0n) is 9.75. The first kappa shape index (κ1) is 13.2. The van der Waals surface area contributed by atoms with Gasteiger partial charge in [-0.05, 0) is 30.5 Å². The SMILES string of the molecule is Cc1ccc(Br)cc1NC(=O)[C@@H](N)C(C)C. The first-order valence-electron chi connectivity index (χ1n) is 5.24. The van der Waals surface area contributed by atoms with E-state index in [1.54, 1.807) is 0 Å². The lowest BCUT2D eigenvalue weighted by Gasteiger charge is -2.16. The van der Waals surface area contributed by atoms with Gasteiger partial charge < -0.3 is 11.1 Å². The first-order chi connectivity index (χ1) is 7.41. The third kappa shape index (κ3) is 3.32. The highest BCUT2D eigenvalue weighted by molar-refractivity contribution is 9.10. The van der Waals surface area contributed by atoms with Crippen molar-refractivity contribution >= 4 is 27.5 Å². The number of amides is 1. The predicted octanol–water partition coefficient (Wildman–Crippen LogP) is 2.68. The Bertz CT molecular complexity index is 391. The molecule has 0 radical (unpaired) electrons. The molecule has 3 N–H and O–H groups in total. The normalized spacial score (nSPS) is 12.6. The molecule has 0 aliphatic rings. The Balaban J connectivity index is 2.80. The molecule has 0 fully saturated rings. The van der Waals surface area contributed by atoms with Crippen LogP contribution in [0.3, 0.4) is 0 Å². The summed E-state index contributed by atoms with van der Waals surface area (Å²) >= 11 is 3.37. The van der Waals surface area contributed by atoms with E-state index in [1.165, 1.54) is 0 Å². The molecule has 0 bridgehead atoms. The van der Waals surface area contributed by atoms with Crippen LogP contribution in [-0.2, 0) is 4.79 Å². The summed E-state index contributed by atoms with van der Waals surface area (Å²) in [6.45, 7) is 5.80. The number of hydrogen-bond donors (Lipinski definition) is 2. The van der Waals surface area contributed by atoms with Crippen molar-refractivity contribution in [2.45, 2.75) is 26.8 Å². The molecule has 88 valence electrons. The maximum absolute atomic E-state index is 11.8. The van der Waals surface area contributed by atoms with E-state index >= 15 is 0 Å². The molecule has 3 nitrogen and oxygen atoms in total. The second kappa shape index (κ2) is 5.46. The van der Waals surface area contributed by atoms with E-state index in [0.717, 1.165) is 15.7 Å². The average Bonchev–Trinajstić information content (AvgIpc) is 2.22. The van der Waals surface area contributed by atoms with Gasteiger partial charge in [0.05, 0.1) is 6.04 Å². The molecule has 1 rings (SSSR count). The number of anilines is 1. The molecule has 4 heteroatoms. The first-order valence-corrected chi connectivity index (χ1v) is 6.03. The molecule has 1 aromatic carbocycles. The standard InChI is InChI=1S/C12H17BrN2O/c1-7(2)11(14)12(16)15-10-6-9(13)5-4-8(10)3/h4-7,11H,14H2,1-3H3,(H,15,16)/t11-/m0/s1. The van der Waals surface area contributed by atoms with Crippen LogP contribution in [0.1, 0.15) is 19.4 Å². The van der Waals surface area contributed by atoms with Gasteiger partial charge in [-0.3, -0.25) is 4.79 Å². The zero-order chi connectivity index (χ0) is 12.3. The minimum atomic E-state index is -0.474. The number of aryl methyl sites for hydroxylation is 1. The summed E-state index contributed by atoms with van der Waals surface area (Å²) < 4.78 is 0.937. The highest BCUT2D eigenvalue weighted by atomic mass is 79.9. The number of benzene rings is 1. The van der Waals surface area contributed by atoms with Gasteiger partial charge >= 0.3 is 0 Å². The molecule has 0 spiro atoms. The van der Waals surface area contributed by atoms with Gasteiger partial charge in [-0.1, -0.05) is 35.8 Å². The Kier molecular flexibility index (Phi) is 4.50. The molecule has 1 atom stereocenters. The van der Waals surface area contributed by atoms with Gasteiger partial charge in [0.25, 0.3) is 0 Å². The summed E-state index contributed by atoms with van der Waals surface area (Å²) in [5, 5.41) is 2.84. The van der Waals surface area contributed by atoms with Crippen LogP contribution in [0.2, 0.25) is 0 Å². The Hall–Kier alpha value is -0.870. The van der Waals surface area contributed by atoms with Crippen LogP contribution in [0, 0.1) is 12.8 Å². The van der Waals surface area contributed by atoms with Gasteiger partial charge in [0.2, 0.25) is 5.91 Å². The van der Waals surface area contributed by atoms with Crippen LogP contribution in [0.15, 0.2) is 22.7 Å². The number of carbonyl (C=O) groups is 1. The molecule has 0 aliphatic heterocycles. The monoisotopic (exact) mass is 284 g/mol. The van der Waals surface area contributed by atoms with Crippen LogP contribution in [-0.4, -0.2) is 11.9 Å². The largest absolute Gasteiger partial charge is 0.324 e. The predicted molar refractivity (Wildman–Crippen MR) is 70.3 cm³/mol. The van der Waals surface area contributed by atoms with E-state index in [9.17, 15) is 4.79 Å². The van der Waals surface area contributed by atoms with Crippen molar-refractivity contribution in [3.8, 4) is 0 Å². The summed E-state index contributed by atoms with van der Waals surface area (Å²) in [6, 6.07) is 5.28. The Morgan fingerprint density at radius 3 is 2.62 bits per heavy atom. The lowest BCUT2D eigenvalue weighted by molar-refractivity contribution is -0.118. The van der Waals surface area contributed by atoms with Crippen molar-refractivity contribution in [2.24, 2.45) is 11.7 Å². The average molecular weight is 285 g/mol. The fraction of sp³-hybridized carbons (Fsp3) is 0.417. The van der Waals surface area contributed by atoms with Gasteiger partial charge in [0.15, 0.2) is 0 Å². The topological polar surface area (TPSA) is 55.1 Å². The van der Waals surface area contributed by atoms with E-state index in [2.05, 4.69) is 21.2 Å². The summed E-state index contributed by atoms with van der Waals surface area (Å²) in [4.78, 5) is 11.8. The van der Waals surface area contributed by atoms with Crippen molar-refractivity contribution in [2.75, 3.05) is 5.32 Å². The maximum atomic E-state index is 11.8. The van der Waals surface area contributed by atoms with Crippen LogP contribution in [0.4, 0.5) is 5.69 Å². The van der Waals surface area contributed by atoms with Gasteiger partial charge in [-0.15, -0.1) is 0 Å². The summed E-state index contributed by atoms with van der Waals surface area (Å²) in [7, 11) is 0. The number of nitrogens with one attached hydrogen (secondary N) is 1. The maximum Gasteiger partial charge on any atom is 0.241 e. The summed E-state index contributed by atoms with van der Waals surface area (Å²) in [6.07, 6.45) is 0. The van der Waals surface area contributed by atoms with E-state index in [1.807, 2.05) is 39.0 Å². The molecule has 0 heterocycles. The molecule has 1 amide bonds. The van der Waals surface area contributed by atoms with Crippen LogP contribution >= 0.6 is 15.9 Å². The molecule has 1 aromatic rings. The minimum Gasteiger partial charge on any atom is -0.324 e. The highest BCUT2D eigenvalue weighted by Gasteiger charge is 2.17. The van der Waals surface area contributed by atoms with Gasteiger partial charge in [-0.2, -0.15) is 0 Å².